The normalized spacial score (nSPS) is 16.3. The van der Waals surface area contributed by atoms with Gasteiger partial charge in [-0.1, -0.05) is 0 Å². The van der Waals surface area contributed by atoms with E-state index in [0.717, 1.165) is 10.9 Å². The summed E-state index contributed by atoms with van der Waals surface area (Å²) in [5.41, 5.74) is 7.53. The van der Waals surface area contributed by atoms with Gasteiger partial charge in [-0.05, 0) is 36.8 Å². The largest absolute Gasteiger partial charge is 0.496 e. The fourth-order valence-corrected chi connectivity index (χ4v) is 5.01. The topological polar surface area (TPSA) is 110 Å². The van der Waals surface area contributed by atoms with Crippen molar-refractivity contribution in [2.75, 3.05) is 59.3 Å². The van der Waals surface area contributed by atoms with E-state index >= 15 is 0 Å². The molecular formula is C28H36F2N4O5. The Morgan fingerprint density at radius 1 is 1.05 bits per heavy atom. The van der Waals surface area contributed by atoms with E-state index in [1.165, 1.54) is 19.2 Å². The number of methoxy groups -OCH3 is 4. The summed E-state index contributed by atoms with van der Waals surface area (Å²) in [5, 5.41) is 4.12. The number of benzene rings is 2. The number of rotatable bonds is 11. The van der Waals surface area contributed by atoms with Crippen molar-refractivity contribution in [2.24, 2.45) is 0 Å². The van der Waals surface area contributed by atoms with E-state index in [0.29, 0.717) is 54.5 Å². The van der Waals surface area contributed by atoms with Gasteiger partial charge in [0.2, 0.25) is 0 Å². The van der Waals surface area contributed by atoms with Gasteiger partial charge >= 0.3 is 0 Å². The number of nitrogens with one attached hydrogen (secondary N) is 1. The maximum absolute atomic E-state index is 14.6. The zero-order chi connectivity index (χ0) is 28.2. The first-order valence-corrected chi connectivity index (χ1v) is 12.7. The summed E-state index contributed by atoms with van der Waals surface area (Å²) in [6, 6.07) is 7.78. The van der Waals surface area contributed by atoms with Crippen LogP contribution in [-0.2, 0) is 37.1 Å². The predicted octanol–water partition coefficient (Wildman–Crippen LogP) is 4.93. The third-order valence-corrected chi connectivity index (χ3v) is 7.10. The molecule has 0 spiro atoms. The zero-order valence-corrected chi connectivity index (χ0v) is 23.0. The third-order valence-electron chi connectivity index (χ3n) is 7.10. The van der Waals surface area contributed by atoms with Crippen LogP contribution < -0.4 is 15.8 Å². The van der Waals surface area contributed by atoms with Crippen LogP contribution in [-0.4, -0.2) is 58.2 Å². The first-order valence-electron chi connectivity index (χ1n) is 12.7. The first-order chi connectivity index (χ1) is 18.7. The smallest absolute Gasteiger partial charge is 0.296 e. The molecule has 1 atom stereocenters. The number of nitrogen functional groups attached to an aromatic ring is 1. The fourth-order valence-electron chi connectivity index (χ4n) is 5.01. The molecule has 0 unspecified atom stereocenters. The van der Waals surface area contributed by atoms with Crippen molar-refractivity contribution >= 4 is 22.4 Å². The first kappa shape index (κ1) is 28.9. The highest BCUT2D eigenvalue weighted by atomic mass is 19.3. The third kappa shape index (κ3) is 6.06. The molecule has 1 aliphatic heterocycles. The number of nitrogens with two attached hydrogens (primary N) is 1. The molecule has 212 valence electrons. The molecule has 0 aliphatic carbocycles. The lowest BCUT2D eigenvalue weighted by atomic mass is 9.84. The number of fused-ring (bicyclic) bond motifs is 1. The molecule has 11 heteroatoms. The Hall–Kier alpha value is -3.12. The molecule has 0 saturated carbocycles. The summed E-state index contributed by atoms with van der Waals surface area (Å²) in [6.07, 6.45) is 1.32. The lowest BCUT2D eigenvalue weighted by Gasteiger charge is -2.37. The molecule has 4 rings (SSSR count). The number of hydrogen-bond donors (Lipinski definition) is 2. The quantitative estimate of drug-likeness (QED) is 0.324. The highest BCUT2D eigenvalue weighted by Gasteiger charge is 2.38. The molecular weight excluding hydrogens is 510 g/mol. The molecule has 39 heavy (non-hydrogen) atoms. The number of anilines is 2. The maximum Gasteiger partial charge on any atom is 0.296 e. The lowest BCUT2D eigenvalue weighted by molar-refractivity contribution is -0.0956. The molecule has 1 saturated heterocycles. The van der Waals surface area contributed by atoms with Gasteiger partial charge in [-0.3, -0.25) is 0 Å². The minimum atomic E-state index is -3.19. The van der Waals surface area contributed by atoms with E-state index < -0.39 is 24.2 Å². The van der Waals surface area contributed by atoms with Crippen LogP contribution >= 0.6 is 0 Å². The van der Waals surface area contributed by atoms with Crippen LogP contribution in [0.25, 0.3) is 10.9 Å². The Bertz CT molecular complexity index is 1300. The van der Waals surface area contributed by atoms with E-state index in [-0.39, 0.29) is 17.9 Å². The molecule has 1 fully saturated rings. The van der Waals surface area contributed by atoms with E-state index in [1.54, 1.807) is 27.4 Å². The molecule has 2 aromatic carbocycles. The van der Waals surface area contributed by atoms with Gasteiger partial charge in [0.15, 0.2) is 5.82 Å². The molecule has 2 heterocycles. The van der Waals surface area contributed by atoms with Gasteiger partial charge in [0.05, 0.1) is 18.7 Å². The average Bonchev–Trinajstić information content (AvgIpc) is 2.92. The fraction of sp³-hybridized carbons (Fsp3) is 0.500. The maximum atomic E-state index is 14.6. The van der Waals surface area contributed by atoms with E-state index in [9.17, 15) is 8.78 Å². The highest BCUT2D eigenvalue weighted by Crippen LogP contribution is 2.43. The molecule has 1 aromatic heterocycles. The van der Waals surface area contributed by atoms with E-state index in [1.807, 2.05) is 19.1 Å². The van der Waals surface area contributed by atoms with Crippen LogP contribution in [0.5, 0.6) is 5.75 Å². The number of alkyl halides is 2. The summed E-state index contributed by atoms with van der Waals surface area (Å²) in [4.78, 5) is 9.39. The van der Waals surface area contributed by atoms with Crippen molar-refractivity contribution in [1.29, 1.82) is 0 Å². The summed E-state index contributed by atoms with van der Waals surface area (Å²) in [6.45, 7) is 2.42. The van der Waals surface area contributed by atoms with Gasteiger partial charge < -0.3 is 34.7 Å². The van der Waals surface area contributed by atoms with E-state index in [4.69, 9.17) is 34.4 Å². The van der Waals surface area contributed by atoms with Gasteiger partial charge in [0, 0.05) is 75.7 Å². The van der Waals surface area contributed by atoms with Crippen molar-refractivity contribution in [3.63, 3.8) is 0 Å². The Kier molecular flexibility index (Phi) is 8.85. The van der Waals surface area contributed by atoms with Crippen molar-refractivity contribution in [3.05, 3.63) is 52.8 Å². The predicted molar refractivity (Wildman–Crippen MR) is 144 cm³/mol. The standard InChI is InChI=1S/C28H36F2N4O5/c1-17(18-10-19(12-20(31)11-18)28(29,30)16-36-3)32-26-21-13-22(27(38-5)6-8-39-9-7-27)24(37-4)14-23(21)33-25(34-26)15-35-2/h10-14,17H,6-9,15-16,31H2,1-5H3,(H,32,33,34)/t17-/m1/s1. The number of halogens is 2. The van der Waals surface area contributed by atoms with Gasteiger partial charge in [0.1, 0.15) is 30.4 Å². The molecule has 3 N–H and O–H groups in total. The van der Waals surface area contributed by atoms with Crippen LogP contribution in [0.4, 0.5) is 20.3 Å². The van der Waals surface area contributed by atoms with Crippen molar-refractivity contribution in [2.45, 2.75) is 43.9 Å². The van der Waals surface area contributed by atoms with Crippen molar-refractivity contribution in [1.82, 2.24) is 9.97 Å². The summed E-state index contributed by atoms with van der Waals surface area (Å²) in [5.74, 6) is -1.56. The zero-order valence-electron chi connectivity index (χ0n) is 23.0. The second-order valence-corrected chi connectivity index (χ2v) is 9.69. The minimum absolute atomic E-state index is 0.189. The summed E-state index contributed by atoms with van der Waals surface area (Å²) >= 11 is 0. The molecule has 1 aliphatic rings. The molecule has 3 aromatic rings. The average molecular weight is 547 g/mol. The molecule has 0 bridgehead atoms. The Balaban J connectivity index is 1.81. The minimum Gasteiger partial charge on any atom is -0.496 e. The Morgan fingerprint density at radius 3 is 2.44 bits per heavy atom. The van der Waals surface area contributed by atoms with Crippen LogP contribution in [0.3, 0.4) is 0 Å². The number of ether oxygens (including phenoxy) is 5. The van der Waals surface area contributed by atoms with E-state index in [2.05, 4.69) is 10.3 Å². The highest BCUT2D eigenvalue weighted by molar-refractivity contribution is 5.91. The SMILES string of the molecule is COCc1nc(N[C@H](C)c2cc(N)cc(C(F)(F)COC)c2)c2cc(C3(OC)CCOCC3)c(OC)cc2n1. The lowest BCUT2D eigenvalue weighted by Crippen LogP contribution is -2.36. The number of aromatic nitrogens is 2. The molecule has 9 nitrogen and oxygen atoms in total. The monoisotopic (exact) mass is 546 g/mol. The second kappa shape index (κ2) is 12.0. The Labute approximate surface area is 227 Å². The van der Waals surface area contributed by atoms with Crippen LogP contribution in [0, 0.1) is 0 Å². The van der Waals surface area contributed by atoms with Crippen molar-refractivity contribution < 1.29 is 32.5 Å². The molecule has 0 amide bonds. The second-order valence-electron chi connectivity index (χ2n) is 9.69. The number of nitrogens with zero attached hydrogens (tertiary/aromatic N) is 2. The van der Waals surface area contributed by atoms with Gasteiger partial charge in [-0.15, -0.1) is 0 Å². The Morgan fingerprint density at radius 2 is 1.79 bits per heavy atom. The van der Waals surface area contributed by atoms with Crippen LogP contribution in [0.15, 0.2) is 30.3 Å². The van der Waals surface area contributed by atoms with Gasteiger partial charge in [0.25, 0.3) is 5.92 Å². The summed E-state index contributed by atoms with van der Waals surface area (Å²) < 4.78 is 56.7. The van der Waals surface area contributed by atoms with Gasteiger partial charge in [-0.25, -0.2) is 9.97 Å². The van der Waals surface area contributed by atoms with Crippen molar-refractivity contribution in [3.8, 4) is 5.75 Å². The number of hydrogen-bond acceptors (Lipinski definition) is 9. The van der Waals surface area contributed by atoms with Gasteiger partial charge in [-0.2, -0.15) is 8.78 Å². The summed E-state index contributed by atoms with van der Waals surface area (Å²) in [7, 11) is 6.10. The van der Waals surface area contributed by atoms with Crippen LogP contribution in [0.1, 0.15) is 48.3 Å². The van der Waals surface area contributed by atoms with Crippen LogP contribution in [0.2, 0.25) is 0 Å². The molecule has 0 radical (unpaired) electrons.